The van der Waals surface area contributed by atoms with Crippen LogP contribution in [0.1, 0.15) is 40.7 Å². The summed E-state index contributed by atoms with van der Waals surface area (Å²) in [4.78, 5) is 12.5. The van der Waals surface area contributed by atoms with Gasteiger partial charge in [-0.15, -0.1) is 0 Å². The maximum atomic E-state index is 12.5. The first-order valence-corrected chi connectivity index (χ1v) is 7.16. The molecule has 4 rings (SSSR count). The summed E-state index contributed by atoms with van der Waals surface area (Å²) in [6, 6.07) is 15.4. The molecule has 1 heterocycles. The van der Waals surface area contributed by atoms with Gasteiger partial charge in [0.1, 0.15) is 5.75 Å². The topological polar surface area (TPSA) is 26.3 Å². The predicted octanol–water partition coefficient (Wildman–Crippen LogP) is 3.73. The molecule has 20 heavy (non-hydrogen) atoms. The summed E-state index contributed by atoms with van der Waals surface area (Å²) >= 11 is 0. The Hall–Kier alpha value is -2.09. The van der Waals surface area contributed by atoms with Gasteiger partial charge >= 0.3 is 0 Å². The van der Waals surface area contributed by atoms with Gasteiger partial charge in [0.2, 0.25) is 0 Å². The Morgan fingerprint density at radius 3 is 2.50 bits per heavy atom. The Kier molecular flexibility index (Phi) is 2.46. The molecule has 1 aliphatic heterocycles. The van der Waals surface area contributed by atoms with Gasteiger partial charge in [0.05, 0.1) is 6.61 Å². The van der Waals surface area contributed by atoms with Crippen LogP contribution in [0.3, 0.4) is 0 Å². The molecule has 0 saturated heterocycles. The molecule has 1 fully saturated rings. The second-order valence-electron chi connectivity index (χ2n) is 5.78. The first kappa shape index (κ1) is 11.7. The normalized spacial score (nSPS) is 18.2. The van der Waals surface area contributed by atoms with Crippen molar-refractivity contribution in [3.8, 4) is 5.75 Å². The van der Waals surface area contributed by atoms with E-state index in [0.717, 1.165) is 29.9 Å². The van der Waals surface area contributed by atoms with Crippen LogP contribution in [0.4, 0.5) is 0 Å². The van der Waals surface area contributed by atoms with Crippen molar-refractivity contribution < 1.29 is 9.53 Å². The fourth-order valence-electron chi connectivity index (χ4n) is 3.13. The number of carbonyl (C=O) groups excluding carboxylic acids is 1. The fourth-order valence-corrected chi connectivity index (χ4v) is 3.13. The van der Waals surface area contributed by atoms with Crippen LogP contribution in [0.5, 0.6) is 5.75 Å². The van der Waals surface area contributed by atoms with Crippen molar-refractivity contribution in [2.45, 2.75) is 24.7 Å². The quantitative estimate of drug-likeness (QED) is 0.772. The van der Waals surface area contributed by atoms with Crippen LogP contribution in [-0.2, 0) is 5.41 Å². The summed E-state index contributed by atoms with van der Waals surface area (Å²) < 4.78 is 5.73. The molecule has 0 bridgehead atoms. The lowest BCUT2D eigenvalue weighted by atomic mass is 9.87. The smallest absolute Gasteiger partial charge is 0.193 e. The van der Waals surface area contributed by atoms with Gasteiger partial charge in [-0.3, -0.25) is 4.79 Å². The zero-order valence-corrected chi connectivity index (χ0v) is 11.3. The molecule has 2 aliphatic rings. The Morgan fingerprint density at radius 1 is 0.950 bits per heavy atom. The molecule has 0 unspecified atom stereocenters. The molecule has 0 N–H and O–H groups in total. The highest BCUT2D eigenvalue weighted by atomic mass is 16.5. The van der Waals surface area contributed by atoms with Gasteiger partial charge in [0.15, 0.2) is 5.78 Å². The van der Waals surface area contributed by atoms with Gasteiger partial charge in [-0.25, -0.2) is 0 Å². The Labute approximate surface area is 118 Å². The third kappa shape index (κ3) is 1.75. The van der Waals surface area contributed by atoms with Crippen LogP contribution in [0.15, 0.2) is 48.5 Å². The number of carbonyl (C=O) groups is 1. The second kappa shape index (κ2) is 4.20. The van der Waals surface area contributed by atoms with E-state index in [4.69, 9.17) is 4.74 Å². The van der Waals surface area contributed by atoms with Gasteiger partial charge in [-0.2, -0.15) is 0 Å². The number of hydrogen-bond acceptors (Lipinski definition) is 2. The minimum absolute atomic E-state index is 0.0924. The van der Waals surface area contributed by atoms with Crippen LogP contribution in [0.2, 0.25) is 0 Å². The maximum absolute atomic E-state index is 12.5. The third-order valence-corrected chi connectivity index (χ3v) is 4.54. The van der Waals surface area contributed by atoms with Gasteiger partial charge in [0, 0.05) is 22.1 Å². The highest BCUT2D eigenvalue weighted by Gasteiger charge is 2.47. The molecule has 1 spiro atoms. The van der Waals surface area contributed by atoms with E-state index in [1.165, 1.54) is 18.4 Å². The van der Waals surface area contributed by atoms with E-state index >= 15 is 0 Å². The van der Waals surface area contributed by atoms with Crippen LogP contribution in [0.25, 0.3) is 0 Å². The number of fused-ring (bicyclic) bond motifs is 2. The van der Waals surface area contributed by atoms with Crippen molar-refractivity contribution in [2.24, 2.45) is 0 Å². The standard InChI is InChI=1S/C18H16O2/c19-17(13-4-2-1-3-5-13)14-6-7-16-15(12-14)18(8-9-18)10-11-20-16/h1-7,12H,8-11H2. The number of ketones is 1. The summed E-state index contributed by atoms with van der Waals surface area (Å²) in [7, 11) is 0. The average molecular weight is 264 g/mol. The van der Waals surface area contributed by atoms with Crippen molar-refractivity contribution in [1.29, 1.82) is 0 Å². The molecule has 100 valence electrons. The Balaban J connectivity index is 1.76. The lowest BCUT2D eigenvalue weighted by molar-refractivity contribution is 0.103. The molecular formula is C18H16O2. The lowest BCUT2D eigenvalue weighted by Gasteiger charge is -2.26. The van der Waals surface area contributed by atoms with Crippen molar-refractivity contribution in [2.75, 3.05) is 6.61 Å². The van der Waals surface area contributed by atoms with Gasteiger partial charge in [-0.1, -0.05) is 30.3 Å². The maximum Gasteiger partial charge on any atom is 0.193 e. The molecule has 1 aliphatic carbocycles. The first-order valence-electron chi connectivity index (χ1n) is 7.16. The zero-order valence-electron chi connectivity index (χ0n) is 11.3. The minimum atomic E-state index is 0.0924. The highest BCUT2D eigenvalue weighted by molar-refractivity contribution is 6.09. The summed E-state index contributed by atoms with van der Waals surface area (Å²) in [6.45, 7) is 0.805. The fraction of sp³-hybridized carbons (Fsp3) is 0.278. The number of ether oxygens (including phenoxy) is 1. The summed E-state index contributed by atoms with van der Waals surface area (Å²) in [5, 5.41) is 0. The number of benzene rings is 2. The molecule has 0 radical (unpaired) electrons. The monoisotopic (exact) mass is 264 g/mol. The SMILES string of the molecule is O=C(c1ccccc1)c1ccc2c(c1)C1(CCO2)CC1. The van der Waals surface area contributed by atoms with Crippen LogP contribution in [0, 0.1) is 0 Å². The van der Waals surface area contributed by atoms with E-state index in [9.17, 15) is 4.79 Å². The van der Waals surface area contributed by atoms with Gasteiger partial charge in [0.25, 0.3) is 0 Å². The first-order chi connectivity index (χ1) is 9.78. The van der Waals surface area contributed by atoms with E-state index in [2.05, 4.69) is 6.07 Å². The molecule has 1 saturated carbocycles. The highest BCUT2D eigenvalue weighted by Crippen LogP contribution is 2.56. The summed E-state index contributed by atoms with van der Waals surface area (Å²) in [5.41, 5.74) is 3.06. The lowest BCUT2D eigenvalue weighted by Crippen LogP contribution is -2.20. The molecule has 2 aromatic carbocycles. The van der Waals surface area contributed by atoms with E-state index < -0.39 is 0 Å². The Morgan fingerprint density at radius 2 is 1.75 bits per heavy atom. The number of rotatable bonds is 2. The van der Waals surface area contributed by atoms with E-state index in [-0.39, 0.29) is 5.78 Å². The van der Waals surface area contributed by atoms with Crippen LogP contribution < -0.4 is 4.74 Å². The van der Waals surface area contributed by atoms with Gasteiger partial charge < -0.3 is 4.74 Å². The third-order valence-electron chi connectivity index (χ3n) is 4.54. The van der Waals surface area contributed by atoms with Crippen LogP contribution in [-0.4, -0.2) is 12.4 Å². The summed E-state index contributed by atoms with van der Waals surface area (Å²) in [5.74, 6) is 1.06. The van der Waals surface area contributed by atoms with Crippen molar-refractivity contribution in [1.82, 2.24) is 0 Å². The zero-order chi connectivity index (χ0) is 13.6. The minimum Gasteiger partial charge on any atom is -0.493 e. The molecular weight excluding hydrogens is 248 g/mol. The predicted molar refractivity (Wildman–Crippen MR) is 77.3 cm³/mol. The van der Waals surface area contributed by atoms with E-state index in [1.807, 2.05) is 42.5 Å². The molecule has 2 nitrogen and oxygen atoms in total. The van der Waals surface area contributed by atoms with E-state index in [1.54, 1.807) is 0 Å². The van der Waals surface area contributed by atoms with E-state index in [0.29, 0.717) is 5.41 Å². The molecule has 2 heteroatoms. The number of hydrogen-bond donors (Lipinski definition) is 0. The molecule has 0 amide bonds. The van der Waals surface area contributed by atoms with Crippen molar-refractivity contribution in [3.63, 3.8) is 0 Å². The molecule has 2 aromatic rings. The van der Waals surface area contributed by atoms with Crippen molar-refractivity contribution in [3.05, 3.63) is 65.2 Å². The van der Waals surface area contributed by atoms with Crippen LogP contribution >= 0.6 is 0 Å². The Bertz CT molecular complexity index is 669. The van der Waals surface area contributed by atoms with Crippen molar-refractivity contribution >= 4 is 5.78 Å². The summed E-state index contributed by atoms with van der Waals surface area (Å²) in [6.07, 6.45) is 3.54. The molecule has 0 aromatic heterocycles. The second-order valence-corrected chi connectivity index (χ2v) is 5.78. The largest absolute Gasteiger partial charge is 0.493 e. The van der Waals surface area contributed by atoms with Gasteiger partial charge in [-0.05, 0) is 37.5 Å². The molecule has 0 atom stereocenters. The average Bonchev–Trinajstić information content (AvgIpc) is 3.28.